The molecule has 54 heavy (non-hydrogen) atoms. The Labute approximate surface area is 327 Å². The standard InChI is InChI=1S/C4H7N3.2C3H8N2O.C3H8N2.2C3H7NO.C3H7N.C2H4N4.C2H5NO.6CH4/c1-2-4-5-3-6-7-4;1-5-3(6)2-4;1-2-3(4)5-6;1-3(4)5-2;1-3(2)4-5;1-2-3(4)5;1-3-4-2;1-2-3-5-6-4-2;1-2-3-4;;;;;;/h3H,2H2,1H3,(H,5,6,7);2,4H2,1H3,(H,5,6);6H,2H2,1H3,(H2,4,5);1-2H3,(H2,4,5);5H,1-2H3;2H2,1H3,(H2,4,5);3H,1-2H3;1H3,(H,3,4,5,6);2,4H,1H3;6*1H4/b;;;;;;;;3-2+;;;;;;. The summed E-state index contributed by atoms with van der Waals surface area (Å²) in [5.74, 6) is 2.15. The molecule has 0 spiro atoms. The van der Waals surface area contributed by atoms with Crippen LogP contribution in [0, 0.1) is 6.92 Å². The van der Waals surface area contributed by atoms with Crippen LogP contribution < -0.4 is 28.3 Å². The number of aromatic nitrogens is 7. The topological polar surface area (TPSA) is 369 Å². The van der Waals surface area contributed by atoms with Crippen LogP contribution >= 0.6 is 0 Å². The summed E-state index contributed by atoms with van der Waals surface area (Å²) in [5, 5.41) is 52.5. The molecule has 2 rings (SSSR count). The summed E-state index contributed by atoms with van der Waals surface area (Å²) in [6.07, 6.45) is 6.55. The number of aromatic amines is 2. The van der Waals surface area contributed by atoms with E-state index in [-0.39, 0.29) is 68.8 Å². The molecule has 14 N–H and O–H groups in total. The molecule has 0 saturated heterocycles. The van der Waals surface area contributed by atoms with E-state index >= 15 is 0 Å². The highest BCUT2D eigenvalue weighted by Gasteiger charge is 1.85. The van der Waals surface area contributed by atoms with Crippen LogP contribution in [-0.2, 0) is 16.0 Å². The molecule has 0 aliphatic carbocycles. The van der Waals surface area contributed by atoms with Crippen LogP contribution in [0.1, 0.15) is 124 Å². The van der Waals surface area contributed by atoms with Crippen LogP contribution in [0.15, 0.2) is 31.8 Å². The number of amidine groups is 2. The van der Waals surface area contributed by atoms with Gasteiger partial charge in [-0.2, -0.15) is 10.3 Å². The molecule has 0 radical (unpaired) electrons. The molecule has 22 nitrogen and oxygen atoms in total. The summed E-state index contributed by atoms with van der Waals surface area (Å²) in [7, 11) is 4.96. The number of nitrogens with two attached hydrogens (primary N) is 4. The second-order valence-corrected chi connectivity index (χ2v) is 7.69. The first-order valence-electron chi connectivity index (χ1n) is 14.1. The first-order chi connectivity index (χ1) is 22.6. The number of rotatable bonds is 4. The number of nitrogens with one attached hydrogen (secondary N) is 3. The summed E-state index contributed by atoms with van der Waals surface area (Å²) in [6.45, 7) is 16.1. The van der Waals surface area contributed by atoms with E-state index in [4.69, 9.17) is 32.8 Å². The number of H-pyrrole nitrogens is 2. The highest BCUT2D eigenvalue weighted by atomic mass is 16.4. The SMILES string of the molecule is C.C.C.C.C.C.C/C=N/O.CC(C)=NO.CC/C(N)=N/O.CC=NC.CCC(N)=O.CCc1ncn[nH]1.CN=C(C)N.CNC(=O)CN.Cc1nn[nH]n1. The second-order valence-electron chi connectivity index (χ2n) is 7.69. The number of nitrogens with zero attached hydrogens (tertiary/aromatic N) is 10. The van der Waals surface area contributed by atoms with Gasteiger partial charge in [-0.3, -0.25) is 19.7 Å². The summed E-state index contributed by atoms with van der Waals surface area (Å²) in [5.41, 5.74) is 20.2. The molecule has 0 atom stereocenters. The van der Waals surface area contributed by atoms with Gasteiger partial charge in [-0.05, 0) is 47.8 Å². The van der Waals surface area contributed by atoms with Crippen molar-refractivity contribution in [2.24, 2.45) is 48.4 Å². The number of hydrogen-bond donors (Lipinski definition) is 10. The van der Waals surface area contributed by atoms with Crippen LogP contribution in [0.2, 0.25) is 0 Å². The smallest absolute Gasteiger partial charge is 0.233 e. The van der Waals surface area contributed by atoms with Crippen molar-refractivity contribution in [3.63, 3.8) is 0 Å². The zero-order valence-corrected chi connectivity index (χ0v) is 30.5. The van der Waals surface area contributed by atoms with E-state index in [0.717, 1.165) is 12.2 Å². The highest BCUT2D eigenvalue weighted by Crippen LogP contribution is 1.82. The van der Waals surface area contributed by atoms with Crippen LogP contribution in [-0.4, -0.2) is 121 Å². The molecule has 2 heterocycles. The molecular weight excluding hydrogens is 702 g/mol. The molecule has 0 unspecified atom stereocenters. The number of oxime groups is 3. The number of carbonyl (C=O) groups is 2. The molecule has 22 heteroatoms. The van der Waals surface area contributed by atoms with Crippen molar-refractivity contribution < 1.29 is 25.2 Å². The lowest BCUT2D eigenvalue weighted by molar-refractivity contribution is -0.119. The van der Waals surface area contributed by atoms with Crippen molar-refractivity contribution in [2.45, 2.75) is 126 Å². The van der Waals surface area contributed by atoms with Gasteiger partial charge in [-0.15, -0.1) is 15.4 Å². The first-order valence-corrected chi connectivity index (χ1v) is 14.1. The molecular formula is C32H85N17O5. The van der Waals surface area contributed by atoms with Gasteiger partial charge in [0.1, 0.15) is 18.0 Å². The van der Waals surface area contributed by atoms with E-state index in [1.54, 1.807) is 68.9 Å². The molecule has 0 bridgehead atoms. The number of likely N-dealkylation sites (N-methyl/N-ethyl adjacent to an activating group) is 1. The van der Waals surface area contributed by atoms with E-state index in [2.05, 4.69) is 72.3 Å². The Morgan fingerprint density at radius 3 is 1.35 bits per heavy atom. The lowest BCUT2D eigenvalue weighted by Crippen LogP contribution is -2.26. The van der Waals surface area contributed by atoms with E-state index in [0.29, 0.717) is 30.2 Å². The Morgan fingerprint density at radius 2 is 1.30 bits per heavy atom. The third kappa shape index (κ3) is 137. The Bertz CT molecular complexity index is 998. The molecule has 0 fully saturated rings. The van der Waals surface area contributed by atoms with Crippen LogP contribution in [0.3, 0.4) is 0 Å². The third-order valence-electron chi connectivity index (χ3n) is 3.48. The fourth-order valence-electron chi connectivity index (χ4n) is 0.786. The molecule has 2 amide bonds. The van der Waals surface area contributed by atoms with E-state index in [1.165, 1.54) is 12.5 Å². The maximum absolute atomic E-state index is 9.94. The minimum Gasteiger partial charge on any atom is -0.411 e. The number of tetrazole rings is 1. The fourth-order valence-corrected chi connectivity index (χ4v) is 0.786. The molecule has 0 aliphatic rings. The van der Waals surface area contributed by atoms with E-state index < -0.39 is 0 Å². The van der Waals surface area contributed by atoms with Crippen LogP contribution in [0.5, 0.6) is 0 Å². The Balaban J connectivity index is -0.0000000316. The van der Waals surface area contributed by atoms with Crippen molar-refractivity contribution in [2.75, 3.05) is 27.7 Å². The van der Waals surface area contributed by atoms with Crippen molar-refractivity contribution in [1.29, 1.82) is 0 Å². The second kappa shape index (κ2) is 81.5. The van der Waals surface area contributed by atoms with E-state index in [1.807, 2.05) is 20.8 Å². The number of amides is 2. The predicted octanol–water partition coefficient (Wildman–Crippen LogP) is 4.43. The van der Waals surface area contributed by atoms with Gasteiger partial charge in [-0.1, -0.05) is 80.9 Å². The number of aliphatic imine (C=N–C) groups is 2. The summed E-state index contributed by atoms with van der Waals surface area (Å²) >= 11 is 0. The molecule has 0 aromatic carbocycles. The molecule has 2 aromatic rings. The monoisotopic (exact) mass is 788 g/mol. The summed E-state index contributed by atoms with van der Waals surface area (Å²) < 4.78 is 0. The van der Waals surface area contributed by atoms with Crippen LogP contribution in [0.4, 0.5) is 0 Å². The third-order valence-corrected chi connectivity index (χ3v) is 3.48. The van der Waals surface area contributed by atoms with Gasteiger partial charge in [0.15, 0.2) is 5.82 Å². The average Bonchev–Trinajstić information content (AvgIpc) is 3.83. The van der Waals surface area contributed by atoms with Gasteiger partial charge < -0.3 is 48.9 Å². The summed E-state index contributed by atoms with van der Waals surface area (Å²) in [4.78, 5) is 30.6. The zero-order chi connectivity index (χ0) is 39.2. The Kier molecular flexibility index (Phi) is 131. The zero-order valence-electron chi connectivity index (χ0n) is 30.5. The van der Waals surface area contributed by atoms with Gasteiger partial charge in [0, 0.05) is 46.6 Å². The Hall–Kier alpha value is -5.54. The van der Waals surface area contributed by atoms with Gasteiger partial charge in [0.05, 0.1) is 18.1 Å². The van der Waals surface area contributed by atoms with Crippen LogP contribution in [0.25, 0.3) is 0 Å². The lowest BCUT2D eigenvalue weighted by Gasteiger charge is -1.87. The largest absolute Gasteiger partial charge is 0.411 e. The quantitative estimate of drug-likeness (QED) is 0.0888. The first kappa shape index (κ1) is 86.8. The normalized spacial score (nSPS) is 8.17. The van der Waals surface area contributed by atoms with Gasteiger partial charge in [0.2, 0.25) is 11.8 Å². The van der Waals surface area contributed by atoms with Crippen molar-refractivity contribution >= 4 is 41.6 Å². The molecule has 2 aromatic heterocycles. The minimum absolute atomic E-state index is 0. The van der Waals surface area contributed by atoms with Crippen molar-refractivity contribution in [3.05, 3.63) is 18.0 Å². The van der Waals surface area contributed by atoms with Gasteiger partial charge in [-0.25, -0.2) is 4.98 Å². The summed E-state index contributed by atoms with van der Waals surface area (Å²) in [6, 6.07) is 0. The number of aryl methyl sites for hydroxylation is 2. The van der Waals surface area contributed by atoms with Gasteiger partial charge in [0.25, 0.3) is 0 Å². The van der Waals surface area contributed by atoms with E-state index in [9.17, 15) is 9.59 Å². The minimum atomic E-state index is -0.245. The number of hydrogen-bond acceptors (Lipinski definition) is 16. The lowest BCUT2D eigenvalue weighted by atomic mass is 10.5. The predicted molar refractivity (Wildman–Crippen MR) is 231 cm³/mol. The number of carbonyl (C=O) groups excluding carboxylic acids is 2. The van der Waals surface area contributed by atoms with Crippen molar-refractivity contribution in [3.8, 4) is 0 Å². The fraction of sp³-hybridized carbons (Fsp3) is 0.688. The molecule has 328 valence electrons. The highest BCUT2D eigenvalue weighted by molar-refractivity contribution is 5.79. The van der Waals surface area contributed by atoms with Gasteiger partial charge >= 0.3 is 0 Å². The molecule has 0 saturated carbocycles. The molecule has 0 aliphatic heterocycles. The Morgan fingerprint density at radius 1 is 0.889 bits per heavy atom. The maximum atomic E-state index is 9.94. The van der Waals surface area contributed by atoms with Crippen molar-refractivity contribution in [1.82, 2.24) is 41.1 Å². The maximum Gasteiger partial charge on any atom is 0.233 e. The number of primary amides is 1. The average molecular weight is 788 g/mol.